The van der Waals surface area contributed by atoms with Crippen LogP contribution in [0.5, 0.6) is 0 Å². The number of H-pyrrole nitrogens is 1. The largest absolute Gasteiger partial charge is 0.451 e. The van der Waals surface area contributed by atoms with Gasteiger partial charge in [-0.1, -0.05) is 30.3 Å². The molecule has 0 aliphatic heterocycles. The summed E-state index contributed by atoms with van der Waals surface area (Å²) in [5.74, 6) is -3.14. The predicted octanol–water partition coefficient (Wildman–Crippen LogP) is 1.98. The Morgan fingerprint density at radius 2 is 1.92 bits per heavy atom. The SMILES string of the molecule is CC(NC(=O)C=Cc1ccccc1)C(=O)Nc1n[nH]c(C(F)(F)F)n1. The average Bonchev–Trinajstić information content (AvgIpc) is 3.02. The van der Waals surface area contributed by atoms with Crippen LogP contribution >= 0.6 is 0 Å². The minimum absolute atomic E-state index is 0.529. The smallest absolute Gasteiger partial charge is 0.341 e. The van der Waals surface area contributed by atoms with Gasteiger partial charge >= 0.3 is 6.18 Å². The highest BCUT2D eigenvalue weighted by Gasteiger charge is 2.35. The van der Waals surface area contributed by atoms with Crippen molar-refractivity contribution >= 4 is 23.8 Å². The van der Waals surface area contributed by atoms with Crippen molar-refractivity contribution in [1.82, 2.24) is 20.5 Å². The summed E-state index contributed by atoms with van der Waals surface area (Å²) in [7, 11) is 0. The molecule has 0 saturated heterocycles. The molecule has 0 aliphatic carbocycles. The van der Waals surface area contributed by atoms with Crippen LogP contribution in [0.25, 0.3) is 6.08 Å². The van der Waals surface area contributed by atoms with E-state index in [1.165, 1.54) is 13.0 Å². The van der Waals surface area contributed by atoms with Gasteiger partial charge in [0.2, 0.25) is 23.6 Å². The Morgan fingerprint density at radius 1 is 1.24 bits per heavy atom. The van der Waals surface area contributed by atoms with Crippen LogP contribution in [0.4, 0.5) is 19.1 Å². The highest BCUT2D eigenvalue weighted by molar-refractivity contribution is 5.99. The number of benzene rings is 1. The van der Waals surface area contributed by atoms with Crippen molar-refractivity contribution in [3.8, 4) is 0 Å². The number of aromatic amines is 1. The lowest BCUT2D eigenvalue weighted by Gasteiger charge is -2.11. The average molecular weight is 353 g/mol. The predicted molar refractivity (Wildman–Crippen MR) is 83.1 cm³/mol. The maximum absolute atomic E-state index is 12.4. The number of hydrogen-bond acceptors (Lipinski definition) is 4. The summed E-state index contributed by atoms with van der Waals surface area (Å²) in [4.78, 5) is 26.7. The topological polar surface area (TPSA) is 99.8 Å². The highest BCUT2D eigenvalue weighted by Crippen LogP contribution is 2.26. The molecule has 2 amide bonds. The molecule has 1 aromatic heterocycles. The highest BCUT2D eigenvalue weighted by atomic mass is 19.4. The molecule has 25 heavy (non-hydrogen) atoms. The number of anilines is 1. The van der Waals surface area contributed by atoms with Crippen LogP contribution in [0.3, 0.4) is 0 Å². The van der Waals surface area contributed by atoms with Gasteiger partial charge in [-0.2, -0.15) is 18.2 Å². The van der Waals surface area contributed by atoms with E-state index < -0.39 is 35.8 Å². The number of aromatic nitrogens is 3. The Morgan fingerprint density at radius 3 is 2.52 bits per heavy atom. The van der Waals surface area contributed by atoms with Gasteiger partial charge in [0.1, 0.15) is 6.04 Å². The number of carbonyl (C=O) groups is 2. The summed E-state index contributed by atoms with van der Waals surface area (Å²) in [6.45, 7) is 1.38. The second-order valence-electron chi connectivity index (χ2n) is 4.97. The third-order valence-corrected chi connectivity index (χ3v) is 2.97. The third kappa shape index (κ3) is 5.44. The van der Waals surface area contributed by atoms with Crippen molar-refractivity contribution in [2.45, 2.75) is 19.1 Å². The Labute approximate surface area is 140 Å². The summed E-state index contributed by atoms with van der Waals surface area (Å²) in [6.07, 6.45) is -1.89. The van der Waals surface area contributed by atoms with Crippen LogP contribution in [0, 0.1) is 0 Å². The third-order valence-electron chi connectivity index (χ3n) is 2.97. The number of rotatable bonds is 5. The minimum atomic E-state index is -4.70. The summed E-state index contributed by atoms with van der Waals surface area (Å²) < 4.78 is 37.1. The summed E-state index contributed by atoms with van der Waals surface area (Å²) in [5, 5.41) is 9.38. The fourth-order valence-electron chi connectivity index (χ4n) is 1.73. The molecular formula is C15H14F3N5O2. The van der Waals surface area contributed by atoms with E-state index in [-0.39, 0.29) is 0 Å². The van der Waals surface area contributed by atoms with Crippen molar-refractivity contribution in [1.29, 1.82) is 0 Å². The molecule has 2 aromatic rings. The van der Waals surface area contributed by atoms with Crippen LogP contribution in [0.1, 0.15) is 18.3 Å². The fraction of sp³-hybridized carbons (Fsp3) is 0.200. The van der Waals surface area contributed by atoms with Crippen molar-refractivity contribution in [2.24, 2.45) is 0 Å². The lowest BCUT2D eigenvalue weighted by atomic mass is 10.2. The first-order valence-electron chi connectivity index (χ1n) is 7.10. The van der Waals surface area contributed by atoms with Gasteiger partial charge in [0.05, 0.1) is 0 Å². The zero-order valence-corrected chi connectivity index (χ0v) is 13.0. The van der Waals surface area contributed by atoms with E-state index in [0.29, 0.717) is 0 Å². The van der Waals surface area contributed by atoms with E-state index in [1.807, 2.05) is 6.07 Å². The van der Waals surface area contributed by atoms with Gasteiger partial charge in [-0.25, -0.2) is 0 Å². The molecule has 1 heterocycles. The summed E-state index contributed by atoms with van der Waals surface area (Å²) >= 11 is 0. The molecule has 3 N–H and O–H groups in total. The second kappa shape index (κ2) is 7.60. The van der Waals surface area contributed by atoms with Crippen molar-refractivity contribution in [2.75, 3.05) is 5.32 Å². The standard InChI is InChI=1S/C15H14F3N5O2/c1-9(19-11(24)8-7-10-5-3-2-4-6-10)12(25)20-14-21-13(22-23-14)15(16,17)18/h2-9H,1H3,(H,19,24)(H2,20,21,22,23,25). The van der Waals surface area contributed by atoms with E-state index >= 15 is 0 Å². The van der Waals surface area contributed by atoms with E-state index in [4.69, 9.17) is 0 Å². The van der Waals surface area contributed by atoms with Crippen LogP contribution in [-0.2, 0) is 15.8 Å². The van der Waals surface area contributed by atoms with Gasteiger partial charge in [-0.3, -0.25) is 20.0 Å². The fourth-order valence-corrected chi connectivity index (χ4v) is 1.73. The van der Waals surface area contributed by atoms with Crippen LogP contribution in [0.15, 0.2) is 36.4 Å². The zero-order valence-electron chi connectivity index (χ0n) is 13.0. The first-order valence-corrected chi connectivity index (χ1v) is 7.10. The van der Waals surface area contributed by atoms with Gasteiger partial charge in [-0.15, -0.1) is 5.10 Å². The number of alkyl halides is 3. The van der Waals surface area contributed by atoms with E-state index in [0.717, 1.165) is 5.56 Å². The Hall–Kier alpha value is -3.17. The monoisotopic (exact) mass is 353 g/mol. The quantitative estimate of drug-likeness (QED) is 0.716. The molecule has 7 nitrogen and oxygen atoms in total. The van der Waals surface area contributed by atoms with E-state index in [1.54, 1.807) is 35.4 Å². The summed E-state index contributed by atoms with van der Waals surface area (Å²) in [5.41, 5.74) is 0.801. The van der Waals surface area contributed by atoms with Crippen LogP contribution in [0.2, 0.25) is 0 Å². The normalized spacial score (nSPS) is 12.8. The van der Waals surface area contributed by atoms with E-state index in [9.17, 15) is 22.8 Å². The number of nitrogens with zero attached hydrogens (tertiary/aromatic N) is 2. The van der Waals surface area contributed by atoms with Crippen LogP contribution < -0.4 is 10.6 Å². The number of hydrogen-bond donors (Lipinski definition) is 3. The first kappa shape index (κ1) is 18.2. The minimum Gasteiger partial charge on any atom is -0.341 e. The van der Waals surface area contributed by atoms with Crippen molar-refractivity contribution < 1.29 is 22.8 Å². The van der Waals surface area contributed by atoms with Crippen LogP contribution in [-0.4, -0.2) is 33.0 Å². The van der Waals surface area contributed by atoms with Gasteiger partial charge in [0.15, 0.2) is 0 Å². The van der Waals surface area contributed by atoms with Gasteiger partial charge in [0, 0.05) is 6.08 Å². The Kier molecular flexibility index (Phi) is 5.52. The molecular weight excluding hydrogens is 339 g/mol. The molecule has 0 spiro atoms. The molecule has 1 atom stereocenters. The molecule has 0 fully saturated rings. The number of nitrogens with one attached hydrogen (secondary N) is 3. The lowest BCUT2D eigenvalue weighted by Crippen LogP contribution is -2.41. The van der Waals surface area contributed by atoms with E-state index in [2.05, 4.69) is 20.7 Å². The molecule has 10 heteroatoms. The second-order valence-corrected chi connectivity index (χ2v) is 4.97. The van der Waals surface area contributed by atoms with Crippen molar-refractivity contribution in [3.63, 3.8) is 0 Å². The van der Waals surface area contributed by atoms with Gasteiger partial charge < -0.3 is 5.32 Å². The maximum Gasteiger partial charge on any atom is 0.451 e. The molecule has 1 unspecified atom stereocenters. The maximum atomic E-state index is 12.4. The first-order chi connectivity index (χ1) is 11.8. The molecule has 1 aromatic carbocycles. The molecule has 0 aliphatic rings. The molecule has 2 rings (SSSR count). The Bertz CT molecular complexity index is 771. The zero-order chi connectivity index (χ0) is 18.4. The number of carbonyl (C=O) groups excluding carboxylic acids is 2. The molecule has 0 saturated carbocycles. The van der Waals surface area contributed by atoms with Crippen molar-refractivity contribution in [3.05, 3.63) is 47.8 Å². The Balaban J connectivity index is 1.88. The molecule has 0 radical (unpaired) electrons. The molecule has 132 valence electrons. The number of amides is 2. The number of halogens is 3. The lowest BCUT2D eigenvalue weighted by molar-refractivity contribution is -0.144. The van der Waals surface area contributed by atoms with Gasteiger partial charge in [0.25, 0.3) is 0 Å². The molecule has 0 bridgehead atoms. The summed E-state index contributed by atoms with van der Waals surface area (Å²) in [6, 6.07) is 8.03. The van der Waals surface area contributed by atoms with Gasteiger partial charge in [-0.05, 0) is 18.6 Å².